The lowest BCUT2D eigenvalue weighted by Gasteiger charge is -2.28. The maximum absolute atomic E-state index is 12.7. The number of ether oxygens (including phenoxy) is 1. The zero-order chi connectivity index (χ0) is 19.7. The second-order valence-electron chi connectivity index (χ2n) is 7.12. The largest absolute Gasteiger partial charge is 0.479 e. The molecule has 1 aliphatic heterocycles. The molecule has 1 aliphatic rings. The van der Waals surface area contributed by atoms with Gasteiger partial charge in [-0.2, -0.15) is 0 Å². The van der Waals surface area contributed by atoms with Gasteiger partial charge in [0.2, 0.25) is 0 Å². The van der Waals surface area contributed by atoms with Gasteiger partial charge in [-0.05, 0) is 54.9 Å². The SMILES string of the molecule is CC(C)(C)OC(=O)NC1(C(=O)O)CCN(C(=O)c2ccc(Cl)c(Br)c2)C1. The quantitative estimate of drug-likeness (QED) is 0.741. The first-order valence-corrected chi connectivity index (χ1v) is 9.09. The van der Waals surface area contributed by atoms with Crippen molar-refractivity contribution >= 4 is 45.5 Å². The van der Waals surface area contributed by atoms with Crippen molar-refractivity contribution in [2.75, 3.05) is 13.1 Å². The van der Waals surface area contributed by atoms with Crippen LogP contribution in [0.4, 0.5) is 4.79 Å². The molecule has 1 fully saturated rings. The predicted molar refractivity (Wildman–Crippen MR) is 99.4 cm³/mol. The van der Waals surface area contributed by atoms with Crippen molar-refractivity contribution in [1.29, 1.82) is 0 Å². The van der Waals surface area contributed by atoms with Crippen molar-refractivity contribution in [1.82, 2.24) is 10.2 Å². The first-order valence-electron chi connectivity index (χ1n) is 7.92. The van der Waals surface area contributed by atoms with Crippen LogP contribution >= 0.6 is 27.5 Å². The summed E-state index contributed by atoms with van der Waals surface area (Å²) in [6, 6.07) is 4.72. The third-order valence-corrected chi connectivity index (χ3v) is 5.09. The van der Waals surface area contributed by atoms with Crippen LogP contribution in [-0.2, 0) is 9.53 Å². The number of hydrogen-bond donors (Lipinski definition) is 2. The number of carboxylic acid groups (broad SMARTS) is 1. The number of carboxylic acids is 1. The van der Waals surface area contributed by atoms with Gasteiger partial charge in [-0.3, -0.25) is 4.79 Å². The lowest BCUT2D eigenvalue weighted by atomic mass is 9.99. The summed E-state index contributed by atoms with van der Waals surface area (Å²) in [5.41, 5.74) is -1.96. The Labute approximate surface area is 164 Å². The Morgan fingerprint density at radius 2 is 2.00 bits per heavy atom. The third-order valence-electron chi connectivity index (χ3n) is 3.87. The van der Waals surface area contributed by atoms with Crippen LogP contribution in [0.3, 0.4) is 0 Å². The summed E-state index contributed by atoms with van der Waals surface area (Å²) in [4.78, 5) is 37.9. The number of carbonyl (C=O) groups is 3. The van der Waals surface area contributed by atoms with Gasteiger partial charge in [-0.1, -0.05) is 11.6 Å². The average molecular weight is 448 g/mol. The molecule has 0 saturated carbocycles. The van der Waals surface area contributed by atoms with Crippen LogP contribution in [0.1, 0.15) is 37.6 Å². The van der Waals surface area contributed by atoms with Gasteiger partial charge in [-0.15, -0.1) is 0 Å². The van der Waals surface area contributed by atoms with Crippen molar-refractivity contribution in [3.05, 3.63) is 33.3 Å². The Morgan fingerprint density at radius 1 is 1.35 bits per heavy atom. The van der Waals surface area contributed by atoms with Crippen LogP contribution < -0.4 is 5.32 Å². The van der Waals surface area contributed by atoms with E-state index in [1.54, 1.807) is 39.0 Å². The summed E-state index contributed by atoms with van der Waals surface area (Å²) >= 11 is 9.19. The highest BCUT2D eigenvalue weighted by Gasteiger charge is 2.48. The van der Waals surface area contributed by atoms with E-state index in [-0.39, 0.29) is 25.4 Å². The lowest BCUT2D eigenvalue weighted by Crippen LogP contribution is -2.57. The van der Waals surface area contributed by atoms with E-state index < -0.39 is 23.2 Å². The fourth-order valence-electron chi connectivity index (χ4n) is 2.62. The fraction of sp³-hybridized carbons (Fsp3) is 0.471. The second kappa shape index (κ2) is 7.44. The molecule has 0 spiro atoms. The molecule has 1 unspecified atom stereocenters. The van der Waals surface area contributed by atoms with E-state index in [1.165, 1.54) is 4.90 Å². The molecule has 0 radical (unpaired) electrons. The number of nitrogens with one attached hydrogen (secondary N) is 1. The van der Waals surface area contributed by atoms with E-state index in [0.717, 1.165) is 0 Å². The summed E-state index contributed by atoms with van der Waals surface area (Å²) in [6.45, 7) is 5.09. The number of amides is 2. The van der Waals surface area contributed by atoms with E-state index in [0.29, 0.717) is 15.1 Å². The molecule has 2 rings (SSSR count). The van der Waals surface area contributed by atoms with Crippen LogP contribution in [0.25, 0.3) is 0 Å². The fourth-order valence-corrected chi connectivity index (χ4v) is 3.12. The molecule has 142 valence electrons. The molecule has 0 aromatic heterocycles. The van der Waals surface area contributed by atoms with Crippen molar-refractivity contribution in [2.24, 2.45) is 0 Å². The van der Waals surface area contributed by atoms with Crippen molar-refractivity contribution in [3.63, 3.8) is 0 Å². The van der Waals surface area contributed by atoms with Crippen molar-refractivity contribution in [3.8, 4) is 0 Å². The highest BCUT2D eigenvalue weighted by Crippen LogP contribution is 2.27. The molecular formula is C17H20BrClN2O5. The number of likely N-dealkylation sites (tertiary alicyclic amines) is 1. The van der Waals surface area contributed by atoms with Gasteiger partial charge < -0.3 is 20.1 Å². The second-order valence-corrected chi connectivity index (χ2v) is 8.38. The van der Waals surface area contributed by atoms with Crippen LogP contribution in [0.2, 0.25) is 5.02 Å². The minimum atomic E-state index is -1.58. The number of alkyl carbamates (subject to hydrolysis) is 1. The number of rotatable bonds is 3. The third kappa shape index (κ3) is 4.67. The highest BCUT2D eigenvalue weighted by molar-refractivity contribution is 9.10. The molecule has 1 aromatic carbocycles. The Bertz CT molecular complexity index is 749. The van der Waals surface area contributed by atoms with Crippen LogP contribution in [0.5, 0.6) is 0 Å². The number of hydrogen-bond acceptors (Lipinski definition) is 4. The monoisotopic (exact) mass is 446 g/mol. The molecule has 1 aromatic rings. The number of halogens is 2. The number of carbonyl (C=O) groups excluding carboxylic acids is 2. The van der Waals surface area contributed by atoms with Gasteiger partial charge in [0.05, 0.1) is 11.6 Å². The van der Waals surface area contributed by atoms with E-state index in [4.69, 9.17) is 16.3 Å². The minimum Gasteiger partial charge on any atom is -0.479 e. The maximum atomic E-state index is 12.7. The van der Waals surface area contributed by atoms with Gasteiger partial charge in [0.1, 0.15) is 5.60 Å². The summed E-state index contributed by atoms with van der Waals surface area (Å²) < 4.78 is 5.72. The van der Waals surface area contributed by atoms with E-state index in [2.05, 4.69) is 21.2 Å². The Hall–Kier alpha value is -1.80. The van der Waals surface area contributed by atoms with Crippen LogP contribution in [0, 0.1) is 0 Å². The molecule has 0 aliphatic carbocycles. The van der Waals surface area contributed by atoms with Gasteiger partial charge in [0.25, 0.3) is 5.91 Å². The summed E-state index contributed by atoms with van der Waals surface area (Å²) in [6.07, 6.45) is -0.745. The molecule has 7 nitrogen and oxygen atoms in total. The molecule has 1 atom stereocenters. The molecule has 2 amide bonds. The molecular weight excluding hydrogens is 428 g/mol. The first kappa shape index (κ1) is 20.5. The molecule has 0 bridgehead atoms. The smallest absolute Gasteiger partial charge is 0.408 e. The normalized spacial score (nSPS) is 20.0. The molecule has 1 heterocycles. The Morgan fingerprint density at radius 3 is 2.54 bits per heavy atom. The van der Waals surface area contributed by atoms with E-state index in [1.807, 2.05) is 0 Å². The number of benzene rings is 1. The summed E-state index contributed by atoms with van der Waals surface area (Å²) in [5.74, 6) is -1.55. The molecule has 1 saturated heterocycles. The van der Waals surface area contributed by atoms with Gasteiger partial charge in [0.15, 0.2) is 5.54 Å². The van der Waals surface area contributed by atoms with Crippen molar-refractivity contribution < 1.29 is 24.2 Å². The molecule has 26 heavy (non-hydrogen) atoms. The van der Waals surface area contributed by atoms with Crippen LogP contribution in [0.15, 0.2) is 22.7 Å². The highest BCUT2D eigenvalue weighted by atomic mass is 79.9. The lowest BCUT2D eigenvalue weighted by molar-refractivity contribution is -0.144. The minimum absolute atomic E-state index is 0.0854. The summed E-state index contributed by atoms with van der Waals surface area (Å²) in [7, 11) is 0. The average Bonchev–Trinajstić information content (AvgIpc) is 2.92. The first-order chi connectivity index (χ1) is 11.9. The number of aliphatic carboxylic acids is 1. The van der Waals surface area contributed by atoms with Gasteiger partial charge in [-0.25, -0.2) is 9.59 Å². The standard InChI is InChI=1S/C17H20BrClN2O5/c1-16(2,3)26-15(25)20-17(14(23)24)6-7-21(9-17)13(22)10-4-5-12(19)11(18)8-10/h4-5,8H,6-7,9H2,1-3H3,(H,20,25)(H,23,24). The van der Waals surface area contributed by atoms with E-state index in [9.17, 15) is 19.5 Å². The zero-order valence-corrected chi connectivity index (χ0v) is 17.0. The topological polar surface area (TPSA) is 95.9 Å². The molecule has 2 N–H and O–H groups in total. The molecule has 9 heteroatoms. The van der Waals surface area contributed by atoms with Crippen molar-refractivity contribution in [2.45, 2.75) is 38.3 Å². The maximum Gasteiger partial charge on any atom is 0.408 e. The van der Waals surface area contributed by atoms with E-state index >= 15 is 0 Å². The zero-order valence-electron chi connectivity index (χ0n) is 14.6. The summed E-state index contributed by atoms with van der Waals surface area (Å²) in [5, 5.41) is 12.5. The predicted octanol–water partition coefficient (Wildman–Crippen LogP) is 3.30. The number of nitrogens with zero attached hydrogens (tertiary/aromatic N) is 1. The van der Waals surface area contributed by atoms with Gasteiger partial charge in [0, 0.05) is 23.0 Å². The van der Waals surface area contributed by atoms with Crippen LogP contribution in [-0.4, -0.2) is 52.2 Å². The Kier molecular flexibility index (Phi) is 5.87. The Balaban J connectivity index is 2.15. The van der Waals surface area contributed by atoms with Gasteiger partial charge >= 0.3 is 12.1 Å².